The van der Waals surface area contributed by atoms with Gasteiger partial charge in [-0.2, -0.15) is 0 Å². The van der Waals surface area contributed by atoms with Crippen LogP contribution in [0.5, 0.6) is 5.75 Å². The standard InChI is InChI=1S/C17H15ClN2O3/c1-23-14-4-2-3-13(9-14)20-16(21)10-15(17(20)22)19-12-7-5-11(18)6-8-12/h2-9,15,19H,10H2,1H3. The highest BCUT2D eigenvalue weighted by molar-refractivity contribution is 6.30. The van der Waals surface area contributed by atoms with Crippen LogP contribution in [-0.2, 0) is 9.59 Å². The van der Waals surface area contributed by atoms with Gasteiger partial charge in [0.25, 0.3) is 5.91 Å². The normalized spacial score (nSPS) is 17.5. The second-order valence-corrected chi connectivity index (χ2v) is 5.61. The van der Waals surface area contributed by atoms with Crippen molar-refractivity contribution < 1.29 is 14.3 Å². The van der Waals surface area contributed by atoms with Crippen molar-refractivity contribution in [2.24, 2.45) is 0 Å². The summed E-state index contributed by atoms with van der Waals surface area (Å²) in [5, 5.41) is 3.69. The van der Waals surface area contributed by atoms with E-state index >= 15 is 0 Å². The maximum atomic E-state index is 12.6. The summed E-state index contributed by atoms with van der Waals surface area (Å²) < 4.78 is 5.14. The molecule has 2 aromatic carbocycles. The van der Waals surface area contributed by atoms with Crippen LogP contribution in [-0.4, -0.2) is 25.0 Å². The van der Waals surface area contributed by atoms with Gasteiger partial charge in [-0.3, -0.25) is 9.59 Å². The van der Waals surface area contributed by atoms with Crippen LogP contribution in [0.2, 0.25) is 5.02 Å². The van der Waals surface area contributed by atoms with Crippen molar-refractivity contribution in [3.8, 4) is 5.75 Å². The third kappa shape index (κ3) is 3.14. The van der Waals surface area contributed by atoms with Crippen LogP contribution in [0.25, 0.3) is 0 Å². The minimum Gasteiger partial charge on any atom is -0.497 e. The number of hydrogen-bond donors (Lipinski definition) is 1. The Hall–Kier alpha value is -2.53. The number of methoxy groups -OCH3 is 1. The van der Waals surface area contributed by atoms with Crippen molar-refractivity contribution in [2.45, 2.75) is 12.5 Å². The quantitative estimate of drug-likeness (QED) is 0.875. The van der Waals surface area contributed by atoms with Gasteiger partial charge in [-0.25, -0.2) is 4.90 Å². The molecule has 1 fully saturated rings. The number of halogens is 1. The summed E-state index contributed by atoms with van der Waals surface area (Å²) in [5.74, 6) is 0.0742. The Bertz CT molecular complexity index is 746. The van der Waals surface area contributed by atoms with E-state index in [-0.39, 0.29) is 18.2 Å². The van der Waals surface area contributed by atoms with Crippen LogP contribution in [0.4, 0.5) is 11.4 Å². The van der Waals surface area contributed by atoms with E-state index in [1.807, 2.05) is 0 Å². The molecule has 118 valence electrons. The number of imide groups is 1. The van der Waals surface area contributed by atoms with E-state index in [9.17, 15) is 9.59 Å². The molecule has 1 heterocycles. The molecule has 3 rings (SSSR count). The van der Waals surface area contributed by atoms with Gasteiger partial charge in [-0.05, 0) is 36.4 Å². The second kappa shape index (κ2) is 6.30. The number of carbonyl (C=O) groups excluding carboxylic acids is 2. The lowest BCUT2D eigenvalue weighted by molar-refractivity contribution is -0.121. The van der Waals surface area contributed by atoms with Crippen molar-refractivity contribution in [1.82, 2.24) is 0 Å². The van der Waals surface area contributed by atoms with E-state index in [1.165, 1.54) is 12.0 Å². The van der Waals surface area contributed by atoms with Gasteiger partial charge in [0.15, 0.2) is 0 Å². The van der Waals surface area contributed by atoms with E-state index in [2.05, 4.69) is 5.32 Å². The van der Waals surface area contributed by atoms with Gasteiger partial charge in [0.05, 0.1) is 19.2 Å². The number of amides is 2. The largest absolute Gasteiger partial charge is 0.497 e. The lowest BCUT2D eigenvalue weighted by Crippen LogP contribution is -2.34. The van der Waals surface area contributed by atoms with Gasteiger partial charge in [0.2, 0.25) is 5.91 Å². The number of rotatable bonds is 4. The summed E-state index contributed by atoms with van der Waals surface area (Å²) in [6.45, 7) is 0. The summed E-state index contributed by atoms with van der Waals surface area (Å²) in [7, 11) is 1.54. The fraction of sp³-hybridized carbons (Fsp3) is 0.176. The number of nitrogens with one attached hydrogen (secondary N) is 1. The first-order chi connectivity index (χ1) is 11.1. The highest BCUT2D eigenvalue weighted by Gasteiger charge is 2.39. The van der Waals surface area contributed by atoms with Gasteiger partial charge in [0, 0.05) is 16.8 Å². The SMILES string of the molecule is COc1cccc(N2C(=O)CC(Nc3ccc(Cl)cc3)C2=O)c1. The molecule has 0 aliphatic carbocycles. The summed E-state index contributed by atoms with van der Waals surface area (Å²) in [6, 6.07) is 13.3. The molecule has 1 atom stereocenters. The maximum Gasteiger partial charge on any atom is 0.256 e. The van der Waals surface area contributed by atoms with Gasteiger partial charge >= 0.3 is 0 Å². The monoisotopic (exact) mass is 330 g/mol. The lowest BCUT2D eigenvalue weighted by atomic mass is 10.2. The molecule has 0 radical (unpaired) electrons. The van der Waals surface area contributed by atoms with Crippen molar-refractivity contribution in [2.75, 3.05) is 17.3 Å². The first-order valence-electron chi connectivity index (χ1n) is 7.11. The number of ether oxygens (including phenoxy) is 1. The average Bonchev–Trinajstić information content (AvgIpc) is 2.83. The van der Waals surface area contributed by atoms with Gasteiger partial charge < -0.3 is 10.1 Å². The van der Waals surface area contributed by atoms with Crippen molar-refractivity contribution >= 4 is 34.8 Å². The van der Waals surface area contributed by atoms with E-state index in [0.29, 0.717) is 16.5 Å². The maximum absolute atomic E-state index is 12.6. The van der Waals surface area contributed by atoms with Crippen molar-refractivity contribution in [1.29, 1.82) is 0 Å². The molecule has 1 saturated heterocycles. The molecule has 2 aromatic rings. The Morgan fingerprint density at radius 2 is 1.91 bits per heavy atom. The van der Waals surface area contributed by atoms with E-state index in [1.54, 1.807) is 48.5 Å². The van der Waals surface area contributed by atoms with Crippen molar-refractivity contribution in [3.05, 3.63) is 53.6 Å². The average molecular weight is 331 g/mol. The fourth-order valence-corrected chi connectivity index (χ4v) is 2.64. The third-order valence-electron chi connectivity index (χ3n) is 3.64. The Labute approximate surface area is 138 Å². The van der Waals surface area contributed by atoms with Gasteiger partial charge in [-0.15, -0.1) is 0 Å². The Morgan fingerprint density at radius 3 is 2.61 bits per heavy atom. The Kier molecular flexibility index (Phi) is 4.21. The Morgan fingerprint density at radius 1 is 1.17 bits per heavy atom. The molecule has 1 N–H and O–H groups in total. The van der Waals surface area contributed by atoms with Crippen LogP contribution in [0, 0.1) is 0 Å². The van der Waals surface area contributed by atoms with Crippen LogP contribution in [0.1, 0.15) is 6.42 Å². The first-order valence-corrected chi connectivity index (χ1v) is 7.49. The second-order valence-electron chi connectivity index (χ2n) is 5.18. The molecular weight excluding hydrogens is 316 g/mol. The van der Waals surface area contributed by atoms with E-state index in [4.69, 9.17) is 16.3 Å². The molecule has 0 spiro atoms. The zero-order valence-electron chi connectivity index (χ0n) is 12.5. The van der Waals surface area contributed by atoms with Crippen molar-refractivity contribution in [3.63, 3.8) is 0 Å². The molecule has 6 heteroatoms. The van der Waals surface area contributed by atoms with Crippen LogP contribution in [0.15, 0.2) is 48.5 Å². The summed E-state index contributed by atoms with van der Waals surface area (Å²) >= 11 is 5.84. The topological polar surface area (TPSA) is 58.6 Å². The molecular formula is C17H15ClN2O3. The minimum absolute atomic E-state index is 0.110. The molecule has 0 saturated carbocycles. The molecule has 5 nitrogen and oxygen atoms in total. The fourth-order valence-electron chi connectivity index (χ4n) is 2.51. The predicted octanol–water partition coefficient (Wildman–Crippen LogP) is 3.09. The van der Waals surface area contributed by atoms with Gasteiger partial charge in [-0.1, -0.05) is 17.7 Å². The summed E-state index contributed by atoms with van der Waals surface area (Å²) in [5.41, 5.74) is 1.26. The number of nitrogens with zero attached hydrogens (tertiary/aromatic N) is 1. The lowest BCUT2D eigenvalue weighted by Gasteiger charge is -2.16. The van der Waals surface area contributed by atoms with Crippen LogP contribution in [0.3, 0.4) is 0 Å². The molecule has 23 heavy (non-hydrogen) atoms. The van der Waals surface area contributed by atoms with Crippen LogP contribution >= 0.6 is 11.6 Å². The zero-order chi connectivity index (χ0) is 16.4. The van der Waals surface area contributed by atoms with Crippen LogP contribution < -0.4 is 15.0 Å². The van der Waals surface area contributed by atoms with Gasteiger partial charge in [0.1, 0.15) is 11.8 Å². The molecule has 0 aromatic heterocycles. The highest BCUT2D eigenvalue weighted by Crippen LogP contribution is 2.27. The number of anilines is 2. The molecule has 1 unspecified atom stereocenters. The number of hydrogen-bond acceptors (Lipinski definition) is 4. The molecule has 0 bridgehead atoms. The molecule has 1 aliphatic heterocycles. The summed E-state index contributed by atoms with van der Waals surface area (Å²) in [6.07, 6.45) is 0.110. The zero-order valence-corrected chi connectivity index (χ0v) is 13.2. The molecule has 2 amide bonds. The predicted molar refractivity (Wildman–Crippen MR) is 89.0 cm³/mol. The molecule has 1 aliphatic rings. The summed E-state index contributed by atoms with van der Waals surface area (Å²) in [4.78, 5) is 26.0. The first kappa shape index (κ1) is 15.4. The van der Waals surface area contributed by atoms with E-state index in [0.717, 1.165) is 5.69 Å². The minimum atomic E-state index is -0.588. The number of benzene rings is 2. The smallest absolute Gasteiger partial charge is 0.256 e. The number of carbonyl (C=O) groups is 2. The van der Waals surface area contributed by atoms with E-state index < -0.39 is 6.04 Å². The third-order valence-corrected chi connectivity index (χ3v) is 3.90. The Balaban J connectivity index is 1.80. The highest BCUT2D eigenvalue weighted by atomic mass is 35.5.